The third kappa shape index (κ3) is 3.74. The van der Waals surface area contributed by atoms with Crippen LogP contribution in [0, 0.1) is 0 Å². The van der Waals surface area contributed by atoms with Crippen LogP contribution in [0.2, 0.25) is 0 Å². The van der Waals surface area contributed by atoms with Crippen molar-refractivity contribution in [2.45, 2.75) is 24.8 Å². The summed E-state index contributed by atoms with van der Waals surface area (Å²) >= 11 is 0. The molecule has 0 atom stereocenters. The molecule has 0 aromatic heterocycles. The largest absolute Gasteiger partial charge is 0.314 e. The van der Waals surface area contributed by atoms with E-state index in [0.29, 0.717) is 6.54 Å². The van der Waals surface area contributed by atoms with Crippen molar-refractivity contribution < 1.29 is 8.42 Å². The first-order valence-electron chi connectivity index (χ1n) is 5.42. The van der Waals surface area contributed by atoms with Crippen LogP contribution in [0.25, 0.3) is 0 Å². The average molecular weight is 234 g/mol. The van der Waals surface area contributed by atoms with Crippen LogP contribution in [-0.2, 0) is 9.84 Å². The molecule has 0 aromatic carbocycles. The van der Waals surface area contributed by atoms with E-state index in [-0.39, 0.29) is 11.3 Å². The van der Waals surface area contributed by atoms with Gasteiger partial charge in [0, 0.05) is 24.9 Å². The summed E-state index contributed by atoms with van der Waals surface area (Å²) in [5.41, 5.74) is 0.275. The first-order valence-corrected chi connectivity index (χ1v) is 7.48. The third-order valence-electron chi connectivity index (χ3n) is 3.34. The molecule has 0 radical (unpaired) electrons. The molecule has 0 amide bonds. The van der Waals surface area contributed by atoms with Gasteiger partial charge in [0.1, 0.15) is 9.84 Å². The molecule has 1 aliphatic carbocycles. The van der Waals surface area contributed by atoms with Crippen molar-refractivity contribution in [2.24, 2.45) is 0 Å². The molecule has 0 aromatic rings. The number of hydrogen-bond acceptors (Lipinski definition) is 4. The maximum atomic E-state index is 10.9. The summed E-state index contributed by atoms with van der Waals surface area (Å²) in [4.78, 5) is 2.25. The van der Waals surface area contributed by atoms with Gasteiger partial charge in [-0.3, -0.25) is 0 Å². The Morgan fingerprint density at radius 2 is 1.93 bits per heavy atom. The second-order valence-electron chi connectivity index (χ2n) is 4.78. The van der Waals surface area contributed by atoms with Gasteiger partial charge in [-0.2, -0.15) is 0 Å². The van der Waals surface area contributed by atoms with E-state index in [2.05, 4.69) is 24.3 Å². The summed E-state index contributed by atoms with van der Waals surface area (Å²) in [5, 5.41) is 3.25. The molecular weight excluding hydrogens is 212 g/mol. The van der Waals surface area contributed by atoms with Gasteiger partial charge in [0.25, 0.3) is 0 Å². The zero-order chi connectivity index (χ0) is 11.5. The first-order chi connectivity index (χ1) is 6.86. The van der Waals surface area contributed by atoms with Crippen LogP contribution in [0.3, 0.4) is 0 Å². The summed E-state index contributed by atoms with van der Waals surface area (Å²) in [7, 11) is 1.36. The van der Waals surface area contributed by atoms with Gasteiger partial charge in [0.05, 0.1) is 5.75 Å². The number of nitrogens with zero attached hydrogens (tertiary/aromatic N) is 1. The van der Waals surface area contributed by atoms with Crippen LogP contribution in [0.5, 0.6) is 0 Å². The quantitative estimate of drug-likeness (QED) is 0.663. The van der Waals surface area contributed by atoms with Gasteiger partial charge in [-0.25, -0.2) is 8.42 Å². The second-order valence-corrected chi connectivity index (χ2v) is 7.04. The molecule has 90 valence electrons. The van der Waals surface area contributed by atoms with E-state index in [0.717, 1.165) is 6.54 Å². The van der Waals surface area contributed by atoms with E-state index in [9.17, 15) is 8.42 Å². The minimum atomic E-state index is -2.83. The molecular formula is C10H22N2O2S. The fourth-order valence-electron chi connectivity index (χ4n) is 1.95. The first kappa shape index (κ1) is 12.9. The lowest BCUT2D eigenvalue weighted by molar-refractivity contribution is 0.0608. The standard InChI is InChI=1S/C10H22N2O2S/c1-12(2)10(5-4-6-10)9-11-7-8-15(3,13)14/h11H,4-9H2,1-3H3. The van der Waals surface area contributed by atoms with Crippen molar-refractivity contribution in [3.63, 3.8) is 0 Å². The summed E-state index contributed by atoms with van der Waals surface area (Å²) < 4.78 is 21.8. The van der Waals surface area contributed by atoms with Crippen molar-refractivity contribution in [3.8, 4) is 0 Å². The monoisotopic (exact) mass is 234 g/mol. The molecule has 0 spiro atoms. The molecule has 1 rings (SSSR count). The lowest BCUT2D eigenvalue weighted by atomic mass is 9.75. The molecule has 0 bridgehead atoms. The Balaban J connectivity index is 2.25. The summed E-state index contributed by atoms with van der Waals surface area (Å²) in [6, 6.07) is 0. The molecule has 0 saturated heterocycles. The van der Waals surface area contributed by atoms with Crippen LogP contribution in [-0.4, -0.2) is 58.1 Å². The normalized spacial score (nSPS) is 20.3. The highest BCUT2D eigenvalue weighted by Crippen LogP contribution is 2.35. The van der Waals surface area contributed by atoms with Gasteiger partial charge in [-0.15, -0.1) is 0 Å². The Bertz CT molecular complexity index is 295. The Morgan fingerprint density at radius 1 is 1.33 bits per heavy atom. The Hall–Kier alpha value is -0.130. The van der Waals surface area contributed by atoms with E-state index in [4.69, 9.17) is 0 Å². The Kier molecular flexibility index (Phi) is 4.14. The zero-order valence-electron chi connectivity index (χ0n) is 9.91. The highest BCUT2D eigenvalue weighted by molar-refractivity contribution is 7.90. The molecule has 1 fully saturated rings. The number of hydrogen-bond donors (Lipinski definition) is 1. The van der Waals surface area contributed by atoms with E-state index in [1.807, 2.05) is 0 Å². The topological polar surface area (TPSA) is 49.4 Å². The van der Waals surface area contributed by atoms with Crippen molar-refractivity contribution in [2.75, 3.05) is 39.2 Å². The maximum absolute atomic E-state index is 10.9. The van der Waals surface area contributed by atoms with Gasteiger partial charge in [-0.05, 0) is 33.4 Å². The highest BCUT2D eigenvalue weighted by Gasteiger charge is 2.38. The van der Waals surface area contributed by atoms with E-state index >= 15 is 0 Å². The average Bonchev–Trinajstić information content (AvgIpc) is 1.98. The number of sulfone groups is 1. The Labute approximate surface area is 93.0 Å². The van der Waals surface area contributed by atoms with Crippen LogP contribution in [0.15, 0.2) is 0 Å². The highest BCUT2D eigenvalue weighted by atomic mass is 32.2. The van der Waals surface area contributed by atoms with Crippen LogP contribution in [0.1, 0.15) is 19.3 Å². The van der Waals surface area contributed by atoms with Gasteiger partial charge in [0.15, 0.2) is 0 Å². The fraction of sp³-hybridized carbons (Fsp3) is 1.00. The second kappa shape index (κ2) is 4.80. The maximum Gasteiger partial charge on any atom is 0.148 e. The molecule has 1 saturated carbocycles. The minimum absolute atomic E-state index is 0.233. The van der Waals surface area contributed by atoms with E-state index < -0.39 is 9.84 Å². The van der Waals surface area contributed by atoms with Crippen molar-refractivity contribution >= 4 is 9.84 Å². The third-order valence-corrected chi connectivity index (χ3v) is 4.28. The predicted molar refractivity (Wildman–Crippen MR) is 62.8 cm³/mol. The smallest absolute Gasteiger partial charge is 0.148 e. The van der Waals surface area contributed by atoms with E-state index in [1.54, 1.807) is 0 Å². The van der Waals surface area contributed by atoms with Crippen LogP contribution >= 0.6 is 0 Å². The van der Waals surface area contributed by atoms with Crippen LogP contribution < -0.4 is 5.32 Å². The fourth-order valence-corrected chi connectivity index (χ4v) is 2.46. The molecule has 15 heavy (non-hydrogen) atoms. The summed E-state index contributed by atoms with van der Waals surface area (Å²) in [5.74, 6) is 0.233. The van der Waals surface area contributed by atoms with Gasteiger partial charge in [0.2, 0.25) is 0 Å². The predicted octanol–water partition coefficient (Wildman–Crippen LogP) is 0.105. The van der Waals surface area contributed by atoms with Gasteiger partial charge >= 0.3 is 0 Å². The number of nitrogens with one attached hydrogen (secondary N) is 1. The summed E-state index contributed by atoms with van der Waals surface area (Å²) in [6.07, 6.45) is 4.99. The van der Waals surface area contributed by atoms with Crippen LogP contribution in [0.4, 0.5) is 0 Å². The number of likely N-dealkylation sites (N-methyl/N-ethyl adjacent to an activating group) is 1. The molecule has 1 N–H and O–H groups in total. The lowest BCUT2D eigenvalue weighted by Gasteiger charge is -2.47. The molecule has 0 aliphatic heterocycles. The number of rotatable bonds is 6. The molecule has 1 aliphatic rings. The zero-order valence-corrected chi connectivity index (χ0v) is 10.7. The van der Waals surface area contributed by atoms with Gasteiger partial charge in [-0.1, -0.05) is 0 Å². The Morgan fingerprint density at radius 3 is 2.27 bits per heavy atom. The van der Waals surface area contributed by atoms with Crippen molar-refractivity contribution in [1.29, 1.82) is 0 Å². The molecule has 5 heteroatoms. The summed E-state index contributed by atoms with van der Waals surface area (Å²) in [6.45, 7) is 1.46. The van der Waals surface area contributed by atoms with Gasteiger partial charge < -0.3 is 10.2 Å². The van der Waals surface area contributed by atoms with Crippen molar-refractivity contribution in [1.82, 2.24) is 10.2 Å². The lowest BCUT2D eigenvalue weighted by Crippen LogP contribution is -2.56. The van der Waals surface area contributed by atoms with E-state index in [1.165, 1.54) is 25.5 Å². The van der Waals surface area contributed by atoms with Crippen molar-refractivity contribution in [3.05, 3.63) is 0 Å². The minimum Gasteiger partial charge on any atom is -0.314 e. The molecule has 4 nitrogen and oxygen atoms in total. The molecule has 0 unspecified atom stereocenters. The molecule has 0 heterocycles. The SMILES string of the molecule is CN(C)C1(CNCCS(C)(=O)=O)CCC1.